The molecule has 0 spiro atoms. The Morgan fingerprint density at radius 3 is 1.52 bits per heavy atom. The van der Waals surface area contributed by atoms with E-state index in [0.717, 1.165) is 54.2 Å². The lowest BCUT2D eigenvalue weighted by atomic mass is 9.94. The first kappa shape index (κ1) is 24.8. The van der Waals surface area contributed by atoms with E-state index < -0.39 is 24.2 Å². The Bertz CT molecular complexity index is 3540. The molecule has 2 heteroatoms. The van der Waals surface area contributed by atoms with Gasteiger partial charge in [0.2, 0.25) is 0 Å². The fraction of sp³-hybridized carbons (Fsp3) is 0. The number of rotatable bonds is 6. The summed E-state index contributed by atoms with van der Waals surface area (Å²) in [7, 11) is 0. The van der Waals surface area contributed by atoms with Crippen molar-refractivity contribution in [3.05, 3.63) is 212 Å². The fourth-order valence-corrected chi connectivity index (χ4v) is 7.84. The van der Waals surface area contributed by atoms with Gasteiger partial charge in [-0.15, -0.1) is 0 Å². The maximum atomic E-state index is 9.71. The number of nitrogens with zero attached hydrogens (tertiary/aromatic N) is 1. The molecule has 0 saturated carbocycles. The van der Waals surface area contributed by atoms with Crippen LogP contribution in [0.25, 0.3) is 87.6 Å². The number of para-hydroxylation sites is 2. The SMILES string of the molecule is [2H]c1c([2H])c(N(c2ccccc2-c2cccc3c2ccc2c4ccccc4oc32)c2c([2H])c([2H])c(-c3ccc4ccccc4c3)c([2H])c2[2H])c([2H])c([2H])c1-c1ccc2ccccc2c1. The van der Waals surface area contributed by atoms with Gasteiger partial charge in [-0.3, -0.25) is 0 Å². The van der Waals surface area contributed by atoms with E-state index in [4.69, 9.17) is 4.42 Å². The van der Waals surface area contributed by atoms with E-state index in [1.807, 2.05) is 140 Å². The zero-order valence-electron chi connectivity index (χ0n) is 37.9. The van der Waals surface area contributed by atoms with Gasteiger partial charge in [-0.25, -0.2) is 0 Å². The molecule has 0 radical (unpaired) electrons. The molecule has 1 aromatic heterocycles. The Balaban J connectivity index is 1.19. The largest absolute Gasteiger partial charge is 0.455 e. The van der Waals surface area contributed by atoms with Crippen molar-refractivity contribution in [2.24, 2.45) is 0 Å². The lowest BCUT2D eigenvalue weighted by Crippen LogP contribution is -2.11. The van der Waals surface area contributed by atoms with E-state index in [0.29, 0.717) is 28.0 Å². The highest BCUT2D eigenvalue weighted by Crippen LogP contribution is 2.45. The molecule has 0 fully saturated rings. The first-order valence-electron chi connectivity index (χ1n) is 22.5. The molecule has 0 bridgehead atoms. The first-order chi connectivity index (χ1) is 31.1. The van der Waals surface area contributed by atoms with Crippen LogP contribution in [-0.2, 0) is 0 Å². The maximum Gasteiger partial charge on any atom is 0.143 e. The zero-order valence-corrected chi connectivity index (χ0v) is 29.9. The van der Waals surface area contributed by atoms with Gasteiger partial charge in [-0.05, 0) is 109 Å². The number of benzene rings is 10. The smallest absolute Gasteiger partial charge is 0.143 e. The fourth-order valence-electron chi connectivity index (χ4n) is 7.84. The Morgan fingerprint density at radius 1 is 0.357 bits per heavy atom. The Hall–Kier alpha value is -7.42. The van der Waals surface area contributed by atoms with Crippen molar-refractivity contribution < 1.29 is 15.4 Å². The summed E-state index contributed by atoms with van der Waals surface area (Å²) in [5, 5.41) is 7.31. The van der Waals surface area contributed by atoms with E-state index in [9.17, 15) is 11.0 Å². The van der Waals surface area contributed by atoms with E-state index in [1.165, 1.54) is 4.90 Å². The molecule has 0 aliphatic heterocycles. The lowest BCUT2D eigenvalue weighted by molar-refractivity contribution is 0.672. The molecular formula is C54H35NO. The van der Waals surface area contributed by atoms with Crippen LogP contribution in [0.3, 0.4) is 0 Å². The average Bonchev–Trinajstić information content (AvgIpc) is 3.72. The van der Waals surface area contributed by atoms with Crippen molar-refractivity contribution in [1.29, 1.82) is 0 Å². The molecule has 0 aliphatic carbocycles. The molecule has 56 heavy (non-hydrogen) atoms. The Kier molecular flexibility index (Phi) is 5.83. The minimum atomic E-state index is -0.406. The van der Waals surface area contributed by atoms with Crippen LogP contribution in [0.5, 0.6) is 0 Å². The Labute approximate surface area is 336 Å². The van der Waals surface area contributed by atoms with Crippen molar-refractivity contribution in [1.82, 2.24) is 0 Å². The predicted molar refractivity (Wildman–Crippen MR) is 237 cm³/mol. The van der Waals surface area contributed by atoms with Crippen molar-refractivity contribution in [3.8, 4) is 33.4 Å². The second-order valence-corrected chi connectivity index (χ2v) is 13.9. The number of hydrogen-bond acceptors (Lipinski definition) is 2. The summed E-state index contributed by atoms with van der Waals surface area (Å²) in [6.07, 6.45) is 0. The first-order valence-corrected chi connectivity index (χ1v) is 18.5. The quantitative estimate of drug-likeness (QED) is 0.170. The minimum absolute atomic E-state index is 0.104. The maximum absolute atomic E-state index is 9.71. The summed E-state index contributed by atoms with van der Waals surface area (Å²) in [4.78, 5) is 1.39. The van der Waals surface area contributed by atoms with Gasteiger partial charge in [-0.1, -0.05) is 158 Å². The van der Waals surface area contributed by atoms with Crippen LogP contribution in [0.2, 0.25) is 0 Å². The van der Waals surface area contributed by atoms with Gasteiger partial charge < -0.3 is 9.32 Å². The van der Waals surface area contributed by atoms with Gasteiger partial charge in [0, 0.05) is 33.1 Å². The monoisotopic (exact) mass is 721 g/mol. The predicted octanol–water partition coefficient (Wildman–Crippen LogP) is 15.5. The normalized spacial score (nSPS) is 13.6. The standard InChI is InChI=1S/C54H35NO/c1-3-12-40-34-42(22-20-36(40)10-1)38-24-28-44(29-25-38)55(45-30-26-39(27-31-45)43-23-21-37-11-2-4-13-41(37)35-43)52-18-7-5-14-48(52)46-16-9-17-50-47(46)32-33-51-49-15-6-8-19-53(49)56-54(50)51/h1-35H/i24D,25D,26D,27D,28D,29D,30D,31D. The number of furan rings is 1. The van der Waals surface area contributed by atoms with E-state index in [2.05, 4.69) is 0 Å². The minimum Gasteiger partial charge on any atom is -0.455 e. The topological polar surface area (TPSA) is 16.4 Å². The van der Waals surface area contributed by atoms with Crippen LogP contribution in [0.4, 0.5) is 17.1 Å². The highest BCUT2D eigenvalue weighted by Gasteiger charge is 2.20. The van der Waals surface area contributed by atoms with Crippen molar-refractivity contribution in [2.45, 2.75) is 0 Å². The third-order valence-corrected chi connectivity index (χ3v) is 10.6. The molecule has 0 N–H and O–H groups in total. The van der Waals surface area contributed by atoms with Crippen molar-refractivity contribution >= 4 is 71.3 Å². The molecule has 11 aromatic rings. The van der Waals surface area contributed by atoms with Gasteiger partial charge >= 0.3 is 0 Å². The van der Waals surface area contributed by atoms with E-state index >= 15 is 0 Å². The van der Waals surface area contributed by atoms with E-state index in [1.54, 1.807) is 24.3 Å². The van der Waals surface area contributed by atoms with Crippen LogP contribution in [0.15, 0.2) is 217 Å². The zero-order chi connectivity index (χ0) is 44.0. The average molecular weight is 722 g/mol. The molecule has 1 heterocycles. The molecule has 0 saturated heterocycles. The van der Waals surface area contributed by atoms with Gasteiger partial charge in [0.15, 0.2) is 0 Å². The summed E-state index contributed by atoms with van der Waals surface area (Å²) in [5.74, 6) is 0. The van der Waals surface area contributed by atoms with Crippen LogP contribution >= 0.6 is 0 Å². The molecule has 11 rings (SSSR count). The molecule has 10 aromatic carbocycles. The third-order valence-electron chi connectivity index (χ3n) is 10.6. The highest BCUT2D eigenvalue weighted by molar-refractivity contribution is 6.18. The van der Waals surface area contributed by atoms with Crippen LogP contribution in [0, 0.1) is 0 Å². The lowest BCUT2D eigenvalue weighted by Gasteiger charge is -2.28. The molecule has 0 aliphatic rings. The summed E-state index contributed by atoms with van der Waals surface area (Å²) in [6.45, 7) is 0. The van der Waals surface area contributed by atoms with Gasteiger partial charge in [0.25, 0.3) is 0 Å². The second-order valence-electron chi connectivity index (χ2n) is 13.9. The van der Waals surface area contributed by atoms with Gasteiger partial charge in [-0.2, -0.15) is 0 Å². The van der Waals surface area contributed by atoms with Gasteiger partial charge in [0.05, 0.1) is 16.7 Å². The van der Waals surface area contributed by atoms with E-state index in [-0.39, 0.29) is 46.7 Å². The number of fused-ring (bicyclic) bond motifs is 7. The number of anilines is 3. The number of hydrogen-bond donors (Lipinski definition) is 0. The highest BCUT2D eigenvalue weighted by atomic mass is 16.3. The Morgan fingerprint density at radius 2 is 0.857 bits per heavy atom. The van der Waals surface area contributed by atoms with Crippen LogP contribution < -0.4 is 4.90 Å². The molecule has 262 valence electrons. The van der Waals surface area contributed by atoms with Crippen LogP contribution in [-0.4, -0.2) is 0 Å². The molecule has 0 atom stereocenters. The molecule has 2 nitrogen and oxygen atoms in total. The van der Waals surface area contributed by atoms with Crippen LogP contribution in [0.1, 0.15) is 11.0 Å². The van der Waals surface area contributed by atoms with Gasteiger partial charge in [0.1, 0.15) is 11.2 Å². The third kappa shape index (κ3) is 5.42. The summed E-state index contributed by atoms with van der Waals surface area (Å²) in [5.41, 5.74) is 3.92. The molecule has 0 amide bonds. The second kappa shape index (κ2) is 13.2. The van der Waals surface area contributed by atoms with Crippen molar-refractivity contribution in [3.63, 3.8) is 0 Å². The van der Waals surface area contributed by atoms with Crippen molar-refractivity contribution in [2.75, 3.05) is 4.90 Å². The molecule has 0 unspecified atom stereocenters. The molecular weight excluding hydrogens is 679 g/mol. The summed E-state index contributed by atoms with van der Waals surface area (Å²) >= 11 is 0. The summed E-state index contributed by atoms with van der Waals surface area (Å²) in [6, 6.07) is 48.6. The summed E-state index contributed by atoms with van der Waals surface area (Å²) < 4.78 is 83.2.